The van der Waals surface area contributed by atoms with E-state index in [0.717, 1.165) is 8.58 Å². The van der Waals surface area contributed by atoms with E-state index in [1.54, 1.807) is 5.30 Å². The largest absolute Gasteiger partial charge is 0.375 e. The normalized spacial score (nSPS) is 24.9. The molecular formula is C12H16NP. The van der Waals surface area contributed by atoms with Crippen molar-refractivity contribution in [2.75, 3.05) is 5.32 Å². The number of anilines is 1. The molecule has 1 aromatic carbocycles. The average molecular weight is 205 g/mol. The number of nitrogens with one attached hydrogen (secondary N) is 1. The predicted octanol–water partition coefficient (Wildman–Crippen LogP) is 3.08. The van der Waals surface area contributed by atoms with Gasteiger partial charge in [0.2, 0.25) is 0 Å². The second-order valence-electron chi connectivity index (χ2n) is 4.44. The van der Waals surface area contributed by atoms with Crippen LogP contribution in [-0.2, 0) is 0 Å². The minimum atomic E-state index is 0.460. The maximum absolute atomic E-state index is 3.76. The van der Waals surface area contributed by atoms with E-state index in [9.17, 15) is 0 Å². The van der Waals surface area contributed by atoms with E-state index in [1.807, 2.05) is 0 Å². The van der Waals surface area contributed by atoms with E-state index in [2.05, 4.69) is 29.6 Å². The van der Waals surface area contributed by atoms with E-state index in [-0.39, 0.29) is 0 Å². The molecule has 2 heteroatoms. The minimum Gasteiger partial charge on any atom is -0.375 e. The van der Waals surface area contributed by atoms with Crippen LogP contribution in [0.4, 0.5) is 5.69 Å². The summed E-state index contributed by atoms with van der Waals surface area (Å²) in [6.45, 7) is 0. The first-order chi connectivity index (χ1) is 6.88. The van der Waals surface area contributed by atoms with E-state index in [1.165, 1.54) is 37.8 Å². The second kappa shape index (κ2) is 3.24. The first kappa shape index (κ1) is 8.73. The highest BCUT2D eigenvalue weighted by atomic mass is 31.1. The fraction of sp³-hybridized carbons (Fsp3) is 0.500. The molecule has 1 nitrogen and oxygen atoms in total. The molecule has 74 valence electrons. The van der Waals surface area contributed by atoms with Crippen molar-refractivity contribution >= 4 is 19.6 Å². The molecule has 1 aliphatic heterocycles. The minimum absolute atomic E-state index is 0.460. The molecule has 1 aromatic rings. The third-order valence-corrected chi connectivity index (χ3v) is 5.19. The van der Waals surface area contributed by atoms with Gasteiger partial charge in [0.05, 0.1) is 5.28 Å². The Kier molecular flexibility index (Phi) is 2.02. The molecule has 0 aromatic heterocycles. The SMILES string of the molecule is c1ccc2c(c1)NC1(CCCCC1)P2. The van der Waals surface area contributed by atoms with Crippen molar-refractivity contribution < 1.29 is 0 Å². The van der Waals surface area contributed by atoms with Gasteiger partial charge in [-0.1, -0.05) is 46.0 Å². The molecule has 14 heavy (non-hydrogen) atoms. The van der Waals surface area contributed by atoms with Crippen molar-refractivity contribution in [3.63, 3.8) is 0 Å². The summed E-state index contributed by atoms with van der Waals surface area (Å²) in [7, 11) is 0.988. The molecule has 0 radical (unpaired) electrons. The van der Waals surface area contributed by atoms with Gasteiger partial charge in [-0.25, -0.2) is 0 Å². The van der Waals surface area contributed by atoms with Gasteiger partial charge in [-0.15, -0.1) is 0 Å². The zero-order chi connectivity index (χ0) is 9.43. The Hall–Kier alpha value is -0.550. The highest BCUT2D eigenvalue weighted by molar-refractivity contribution is 7.50. The lowest BCUT2D eigenvalue weighted by Crippen LogP contribution is -2.32. The highest BCUT2D eigenvalue weighted by Gasteiger charge is 2.37. The Morgan fingerprint density at radius 1 is 1.07 bits per heavy atom. The van der Waals surface area contributed by atoms with E-state index in [4.69, 9.17) is 0 Å². The Balaban J connectivity index is 1.89. The predicted molar refractivity (Wildman–Crippen MR) is 63.8 cm³/mol. The van der Waals surface area contributed by atoms with Gasteiger partial charge in [-0.2, -0.15) is 0 Å². The first-order valence-corrected chi connectivity index (χ1v) is 6.53. The summed E-state index contributed by atoms with van der Waals surface area (Å²) in [6, 6.07) is 8.81. The standard InChI is InChI=1S/C12H16NP/c1-4-8-12(9-5-1)13-10-6-2-3-7-11(10)14-12/h2-3,6-7,13-14H,1,4-5,8-9H2. The van der Waals surface area contributed by atoms with Gasteiger partial charge in [0, 0.05) is 5.69 Å². The lowest BCUT2D eigenvalue weighted by atomic mass is 9.94. The quantitative estimate of drug-likeness (QED) is 0.642. The van der Waals surface area contributed by atoms with Gasteiger partial charge >= 0.3 is 0 Å². The van der Waals surface area contributed by atoms with Gasteiger partial charge in [0.15, 0.2) is 0 Å². The molecule has 3 rings (SSSR count). The van der Waals surface area contributed by atoms with E-state index in [0.29, 0.717) is 5.28 Å². The number of hydrogen-bond acceptors (Lipinski definition) is 1. The van der Waals surface area contributed by atoms with Crippen molar-refractivity contribution in [3.05, 3.63) is 24.3 Å². The van der Waals surface area contributed by atoms with Crippen LogP contribution in [0.25, 0.3) is 0 Å². The molecule has 1 saturated carbocycles. The van der Waals surface area contributed by atoms with Crippen LogP contribution >= 0.6 is 8.58 Å². The molecule has 1 fully saturated rings. The summed E-state index contributed by atoms with van der Waals surface area (Å²) >= 11 is 0. The van der Waals surface area contributed by atoms with Crippen LogP contribution in [0.5, 0.6) is 0 Å². The zero-order valence-corrected chi connectivity index (χ0v) is 9.34. The fourth-order valence-corrected chi connectivity index (χ4v) is 4.43. The Labute approximate surface area is 87.1 Å². The summed E-state index contributed by atoms with van der Waals surface area (Å²) in [5.41, 5.74) is 1.40. The zero-order valence-electron chi connectivity index (χ0n) is 8.34. The van der Waals surface area contributed by atoms with Crippen molar-refractivity contribution in [3.8, 4) is 0 Å². The maximum Gasteiger partial charge on any atom is 0.0582 e. The van der Waals surface area contributed by atoms with E-state index >= 15 is 0 Å². The smallest absolute Gasteiger partial charge is 0.0582 e. The summed E-state index contributed by atoms with van der Waals surface area (Å²) in [5, 5.41) is 5.77. The second-order valence-corrected chi connectivity index (χ2v) is 6.18. The Bertz CT molecular complexity index is 315. The average Bonchev–Trinajstić information content (AvgIpc) is 2.56. The van der Waals surface area contributed by atoms with Crippen LogP contribution in [0.15, 0.2) is 24.3 Å². The lowest BCUT2D eigenvalue weighted by molar-refractivity contribution is 0.431. The van der Waals surface area contributed by atoms with Gasteiger partial charge < -0.3 is 5.32 Å². The molecular weight excluding hydrogens is 189 g/mol. The molecule has 1 spiro atoms. The van der Waals surface area contributed by atoms with E-state index < -0.39 is 0 Å². The molecule has 1 unspecified atom stereocenters. The third-order valence-electron chi connectivity index (χ3n) is 3.38. The number of benzene rings is 1. The number of hydrogen-bond donors (Lipinski definition) is 1. The fourth-order valence-electron chi connectivity index (χ4n) is 2.65. The summed E-state index contributed by atoms with van der Waals surface area (Å²) in [4.78, 5) is 0. The van der Waals surface area contributed by atoms with Crippen LogP contribution in [0.2, 0.25) is 0 Å². The molecule has 0 saturated heterocycles. The van der Waals surface area contributed by atoms with Crippen molar-refractivity contribution in [2.24, 2.45) is 0 Å². The van der Waals surface area contributed by atoms with Crippen LogP contribution in [-0.4, -0.2) is 5.28 Å². The molecule has 1 atom stereocenters. The maximum atomic E-state index is 3.76. The molecule has 1 heterocycles. The summed E-state index contributed by atoms with van der Waals surface area (Å²) < 4.78 is 0. The van der Waals surface area contributed by atoms with Crippen molar-refractivity contribution in [2.45, 2.75) is 37.4 Å². The number of fused-ring (bicyclic) bond motifs is 1. The topological polar surface area (TPSA) is 12.0 Å². The molecule has 0 bridgehead atoms. The van der Waals surface area contributed by atoms with Crippen LogP contribution < -0.4 is 10.6 Å². The van der Waals surface area contributed by atoms with Gasteiger partial charge in [-0.05, 0) is 24.2 Å². The Morgan fingerprint density at radius 2 is 1.86 bits per heavy atom. The summed E-state index contributed by atoms with van der Waals surface area (Å²) in [5.74, 6) is 0. The Morgan fingerprint density at radius 3 is 2.64 bits per heavy atom. The number of para-hydroxylation sites is 1. The number of rotatable bonds is 0. The van der Waals surface area contributed by atoms with Gasteiger partial charge in [0.25, 0.3) is 0 Å². The molecule has 2 aliphatic rings. The monoisotopic (exact) mass is 205 g/mol. The lowest BCUT2D eigenvalue weighted by Gasteiger charge is -2.33. The molecule has 1 aliphatic carbocycles. The van der Waals surface area contributed by atoms with Crippen LogP contribution in [0.1, 0.15) is 32.1 Å². The van der Waals surface area contributed by atoms with Crippen LogP contribution in [0, 0.1) is 0 Å². The van der Waals surface area contributed by atoms with Crippen molar-refractivity contribution in [1.29, 1.82) is 0 Å². The third kappa shape index (κ3) is 1.35. The summed E-state index contributed by atoms with van der Waals surface area (Å²) in [6.07, 6.45) is 7.01. The highest BCUT2D eigenvalue weighted by Crippen LogP contribution is 2.49. The molecule has 1 N–H and O–H groups in total. The van der Waals surface area contributed by atoms with Gasteiger partial charge in [-0.3, -0.25) is 0 Å². The van der Waals surface area contributed by atoms with Gasteiger partial charge in [0.1, 0.15) is 0 Å². The molecule has 0 amide bonds. The first-order valence-electron chi connectivity index (χ1n) is 5.53. The van der Waals surface area contributed by atoms with Crippen LogP contribution in [0.3, 0.4) is 0 Å². The van der Waals surface area contributed by atoms with Crippen molar-refractivity contribution in [1.82, 2.24) is 0 Å².